The fourth-order valence-corrected chi connectivity index (χ4v) is 2.70. The van der Waals surface area contributed by atoms with Crippen molar-refractivity contribution in [3.63, 3.8) is 0 Å². The molecule has 0 atom stereocenters. The third kappa shape index (κ3) is 3.31. The van der Waals surface area contributed by atoms with Gasteiger partial charge in [0.2, 0.25) is 5.95 Å². The summed E-state index contributed by atoms with van der Waals surface area (Å²) >= 11 is 1.67. The maximum Gasteiger partial charge on any atom is 0.240 e. The van der Waals surface area contributed by atoms with Crippen LogP contribution in [0.25, 0.3) is 10.2 Å². The highest BCUT2D eigenvalue weighted by Gasteiger charge is 2.10. The van der Waals surface area contributed by atoms with Crippen molar-refractivity contribution in [2.45, 2.75) is 20.3 Å². The summed E-state index contributed by atoms with van der Waals surface area (Å²) in [5, 5.41) is 4.31. The van der Waals surface area contributed by atoms with E-state index in [1.165, 1.54) is 4.88 Å². The minimum absolute atomic E-state index is 0.427. The third-order valence-electron chi connectivity index (χ3n) is 2.66. The number of anilines is 2. The predicted octanol–water partition coefficient (Wildman–Crippen LogP) is 1.99. The molecule has 2 rings (SSSR count). The molecule has 2 aromatic rings. The van der Waals surface area contributed by atoms with Gasteiger partial charge in [0.1, 0.15) is 10.6 Å². The smallest absolute Gasteiger partial charge is 0.240 e. The number of nitrogens with zero attached hydrogens (tertiary/aromatic N) is 2. The van der Waals surface area contributed by atoms with E-state index in [9.17, 15) is 0 Å². The number of nitrogen functional groups attached to an aromatic ring is 1. The van der Waals surface area contributed by atoms with E-state index in [-0.39, 0.29) is 0 Å². The Morgan fingerprint density at radius 2 is 2.21 bits per heavy atom. The maximum absolute atomic E-state index is 5.40. The van der Waals surface area contributed by atoms with Gasteiger partial charge in [0.05, 0.1) is 12.0 Å². The highest BCUT2D eigenvalue weighted by molar-refractivity contribution is 7.18. The van der Waals surface area contributed by atoms with Crippen molar-refractivity contribution in [2.75, 3.05) is 30.5 Å². The number of aryl methyl sites for hydroxylation is 1. The number of nitrogens with two attached hydrogens (primary N) is 1. The third-order valence-corrected chi connectivity index (χ3v) is 3.84. The Morgan fingerprint density at radius 1 is 1.37 bits per heavy atom. The minimum atomic E-state index is 0.427. The van der Waals surface area contributed by atoms with Crippen molar-refractivity contribution < 1.29 is 4.74 Å². The molecular weight excluding hydrogens is 262 g/mol. The molecule has 0 radical (unpaired) electrons. The molecule has 0 saturated heterocycles. The summed E-state index contributed by atoms with van der Waals surface area (Å²) in [7, 11) is 0. The van der Waals surface area contributed by atoms with Gasteiger partial charge in [-0.05, 0) is 19.4 Å². The van der Waals surface area contributed by atoms with Gasteiger partial charge in [0.25, 0.3) is 0 Å². The molecule has 0 spiro atoms. The average Bonchev–Trinajstić information content (AvgIpc) is 2.86. The summed E-state index contributed by atoms with van der Waals surface area (Å²) in [6.07, 6.45) is 0.991. The van der Waals surface area contributed by atoms with Crippen molar-refractivity contribution >= 4 is 33.3 Å². The summed E-state index contributed by atoms with van der Waals surface area (Å²) in [6.45, 7) is 6.18. The van der Waals surface area contributed by atoms with E-state index < -0.39 is 0 Å². The first kappa shape index (κ1) is 14.0. The molecule has 0 bridgehead atoms. The molecule has 0 saturated carbocycles. The number of ether oxygens (including phenoxy) is 1. The van der Waals surface area contributed by atoms with Gasteiger partial charge in [-0.25, -0.2) is 10.8 Å². The van der Waals surface area contributed by atoms with Crippen molar-refractivity contribution in [1.29, 1.82) is 0 Å². The zero-order valence-corrected chi connectivity index (χ0v) is 12.0. The summed E-state index contributed by atoms with van der Waals surface area (Å²) in [5.74, 6) is 6.63. The molecule has 0 amide bonds. The summed E-state index contributed by atoms with van der Waals surface area (Å²) in [4.78, 5) is 11.0. The van der Waals surface area contributed by atoms with E-state index >= 15 is 0 Å². The predicted molar refractivity (Wildman–Crippen MR) is 79.6 cm³/mol. The first-order chi connectivity index (χ1) is 9.28. The lowest BCUT2D eigenvalue weighted by Gasteiger charge is -2.08. The molecule has 0 aliphatic rings. The fraction of sp³-hybridized carbons (Fsp3) is 0.500. The summed E-state index contributed by atoms with van der Waals surface area (Å²) in [6, 6.07) is 2.13. The minimum Gasteiger partial charge on any atom is -0.380 e. The van der Waals surface area contributed by atoms with Gasteiger partial charge in [-0.2, -0.15) is 4.98 Å². The van der Waals surface area contributed by atoms with Gasteiger partial charge in [-0.3, -0.25) is 5.43 Å². The lowest BCUT2D eigenvalue weighted by atomic mass is 10.3. The normalized spacial score (nSPS) is 10.9. The Balaban J connectivity index is 2.25. The quantitative estimate of drug-likeness (QED) is 0.409. The highest BCUT2D eigenvalue weighted by atomic mass is 32.1. The average molecular weight is 281 g/mol. The molecule has 0 aliphatic heterocycles. The van der Waals surface area contributed by atoms with Crippen LogP contribution < -0.4 is 16.6 Å². The van der Waals surface area contributed by atoms with Crippen LogP contribution in [0, 0.1) is 0 Å². The largest absolute Gasteiger partial charge is 0.380 e. The Morgan fingerprint density at radius 3 is 2.89 bits per heavy atom. The number of nitrogens with one attached hydrogen (secondary N) is 2. The van der Waals surface area contributed by atoms with Crippen LogP contribution >= 0.6 is 11.3 Å². The topological polar surface area (TPSA) is 85.1 Å². The van der Waals surface area contributed by atoms with Crippen LogP contribution in [0.15, 0.2) is 6.07 Å². The summed E-state index contributed by atoms with van der Waals surface area (Å²) < 4.78 is 5.31. The van der Waals surface area contributed by atoms with Gasteiger partial charge in [-0.15, -0.1) is 11.3 Å². The van der Waals surface area contributed by atoms with Crippen LogP contribution in [0.1, 0.15) is 18.7 Å². The van der Waals surface area contributed by atoms with Crippen LogP contribution in [0.5, 0.6) is 0 Å². The standard InChI is InChI=1S/C12H19N5OS/c1-3-8-7-9-10(14-5-6-18-4-2)15-12(17-13)16-11(9)19-8/h7H,3-6,13H2,1-2H3,(H2,14,15,16,17). The number of rotatable bonds is 7. The van der Waals surface area contributed by atoms with E-state index in [0.717, 1.165) is 29.1 Å². The number of thiophene rings is 1. The van der Waals surface area contributed by atoms with Gasteiger partial charge >= 0.3 is 0 Å². The number of hydrogen-bond acceptors (Lipinski definition) is 7. The molecule has 0 fully saturated rings. The van der Waals surface area contributed by atoms with Gasteiger partial charge < -0.3 is 10.1 Å². The molecule has 0 aromatic carbocycles. The molecule has 104 valence electrons. The number of hydrogen-bond donors (Lipinski definition) is 3. The van der Waals surface area contributed by atoms with Gasteiger partial charge in [0.15, 0.2) is 0 Å². The SMILES string of the molecule is CCOCCNc1nc(NN)nc2sc(CC)cc12. The molecule has 0 unspecified atom stereocenters. The Hall–Kier alpha value is -1.44. The first-order valence-electron chi connectivity index (χ1n) is 6.37. The Kier molecular flexibility index (Phi) is 4.89. The molecule has 7 heteroatoms. The van der Waals surface area contributed by atoms with Crippen molar-refractivity contribution in [1.82, 2.24) is 9.97 Å². The number of hydrazine groups is 1. The molecule has 0 aliphatic carbocycles. The van der Waals surface area contributed by atoms with E-state index in [1.54, 1.807) is 11.3 Å². The van der Waals surface area contributed by atoms with E-state index in [0.29, 0.717) is 19.1 Å². The molecule has 4 N–H and O–H groups in total. The fourth-order valence-electron chi connectivity index (χ4n) is 1.73. The van der Waals surface area contributed by atoms with Crippen LogP contribution in [0.2, 0.25) is 0 Å². The Bertz CT molecular complexity index is 542. The van der Waals surface area contributed by atoms with E-state index in [2.05, 4.69) is 33.7 Å². The zero-order chi connectivity index (χ0) is 13.7. The first-order valence-corrected chi connectivity index (χ1v) is 7.18. The highest BCUT2D eigenvalue weighted by Crippen LogP contribution is 2.30. The van der Waals surface area contributed by atoms with Gasteiger partial charge in [0, 0.05) is 18.0 Å². The molecule has 6 nitrogen and oxygen atoms in total. The summed E-state index contributed by atoms with van der Waals surface area (Å²) in [5.41, 5.74) is 2.50. The van der Waals surface area contributed by atoms with Crippen LogP contribution in [-0.2, 0) is 11.2 Å². The number of aromatic nitrogens is 2. The zero-order valence-electron chi connectivity index (χ0n) is 11.2. The van der Waals surface area contributed by atoms with Crippen LogP contribution in [-0.4, -0.2) is 29.7 Å². The second-order valence-corrected chi connectivity index (χ2v) is 5.06. The Labute approximate surface area is 116 Å². The van der Waals surface area contributed by atoms with Crippen molar-refractivity contribution in [2.24, 2.45) is 5.84 Å². The lowest BCUT2D eigenvalue weighted by molar-refractivity contribution is 0.158. The van der Waals surface area contributed by atoms with Crippen LogP contribution in [0.4, 0.5) is 11.8 Å². The number of fused-ring (bicyclic) bond motifs is 1. The second kappa shape index (κ2) is 6.65. The van der Waals surface area contributed by atoms with Gasteiger partial charge in [-0.1, -0.05) is 6.92 Å². The molecule has 19 heavy (non-hydrogen) atoms. The van der Waals surface area contributed by atoms with Crippen molar-refractivity contribution in [3.8, 4) is 0 Å². The van der Waals surface area contributed by atoms with Crippen LogP contribution in [0.3, 0.4) is 0 Å². The molecule has 2 aromatic heterocycles. The monoisotopic (exact) mass is 281 g/mol. The maximum atomic E-state index is 5.40. The molecular formula is C12H19N5OS. The lowest BCUT2D eigenvalue weighted by Crippen LogP contribution is -2.14. The molecule has 2 heterocycles. The van der Waals surface area contributed by atoms with Crippen molar-refractivity contribution in [3.05, 3.63) is 10.9 Å². The second-order valence-electron chi connectivity index (χ2n) is 3.95. The van der Waals surface area contributed by atoms with E-state index in [1.807, 2.05) is 6.92 Å². The van der Waals surface area contributed by atoms with E-state index in [4.69, 9.17) is 10.6 Å².